The number of esters is 1. The van der Waals surface area contributed by atoms with Gasteiger partial charge in [-0.25, -0.2) is 0 Å². The molecular weight excluding hydrogens is 460 g/mol. The normalized spacial score (nSPS) is 13.1. The number of carbonyl (C=O) groups excluding carboxylic acids is 3. The first-order valence-corrected chi connectivity index (χ1v) is 10.7. The van der Waals surface area contributed by atoms with Gasteiger partial charge < -0.3 is 29.3 Å². The van der Waals surface area contributed by atoms with Crippen LogP contribution in [0.3, 0.4) is 0 Å². The number of anilines is 1. The Morgan fingerprint density at radius 3 is 2.11 bits per heavy atom. The molecular formula is C23H26N4O8. The topological polar surface area (TPSA) is 141 Å². The maximum absolute atomic E-state index is 12.4. The third kappa shape index (κ3) is 6.82. The van der Waals surface area contributed by atoms with Crippen LogP contribution in [0.25, 0.3) is 0 Å². The lowest BCUT2D eigenvalue weighted by molar-refractivity contribution is -0.384. The van der Waals surface area contributed by atoms with Gasteiger partial charge in [-0.05, 0) is 24.3 Å². The third-order valence-corrected chi connectivity index (χ3v) is 5.42. The Balaban J connectivity index is 1.41. The van der Waals surface area contributed by atoms with Gasteiger partial charge in [0.25, 0.3) is 17.5 Å². The fourth-order valence-corrected chi connectivity index (χ4v) is 3.48. The van der Waals surface area contributed by atoms with E-state index in [1.54, 1.807) is 23.1 Å². The number of nitro groups is 1. The van der Waals surface area contributed by atoms with Crippen LogP contribution in [0.2, 0.25) is 0 Å². The smallest absolute Gasteiger partial charge is 0.325 e. The second-order valence-electron chi connectivity index (χ2n) is 7.59. The summed E-state index contributed by atoms with van der Waals surface area (Å²) in [5.74, 6) is -0.753. The van der Waals surface area contributed by atoms with Crippen LogP contribution in [0.1, 0.15) is 10.4 Å². The number of non-ortho nitro benzene ring substituents is 1. The molecule has 186 valence electrons. The van der Waals surface area contributed by atoms with Crippen molar-refractivity contribution in [3.8, 4) is 11.5 Å². The molecule has 0 bridgehead atoms. The Labute approximate surface area is 201 Å². The van der Waals surface area contributed by atoms with Crippen molar-refractivity contribution in [2.45, 2.75) is 0 Å². The van der Waals surface area contributed by atoms with Gasteiger partial charge in [0, 0.05) is 55.6 Å². The largest absolute Gasteiger partial charge is 0.497 e. The van der Waals surface area contributed by atoms with E-state index in [2.05, 4.69) is 5.32 Å². The van der Waals surface area contributed by atoms with Crippen molar-refractivity contribution >= 4 is 29.2 Å². The lowest BCUT2D eigenvalue weighted by atomic mass is 10.2. The van der Waals surface area contributed by atoms with Crippen molar-refractivity contribution in [1.29, 1.82) is 0 Å². The summed E-state index contributed by atoms with van der Waals surface area (Å²) in [6.45, 7) is 1.08. The highest BCUT2D eigenvalue weighted by Gasteiger charge is 2.23. The Morgan fingerprint density at radius 1 is 0.971 bits per heavy atom. The predicted molar refractivity (Wildman–Crippen MR) is 125 cm³/mol. The van der Waals surface area contributed by atoms with E-state index in [0.29, 0.717) is 37.7 Å². The van der Waals surface area contributed by atoms with E-state index >= 15 is 0 Å². The molecule has 1 aliphatic rings. The van der Waals surface area contributed by atoms with Crippen molar-refractivity contribution < 1.29 is 33.5 Å². The first kappa shape index (κ1) is 25.3. The zero-order chi connectivity index (χ0) is 25.4. The molecule has 0 aliphatic carbocycles. The molecule has 12 nitrogen and oxygen atoms in total. The summed E-state index contributed by atoms with van der Waals surface area (Å²) < 4.78 is 15.2. The van der Waals surface area contributed by atoms with Crippen LogP contribution in [0, 0.1) is 10.1 Å². The first-order valence-electron chi connectivity index (χ1n) is 10.7. The molecule has 35 heavy (non-hydrogen) atoms. The summed E-state index contributed by atoms with van der Waals surface area (Å²) in [7, 11) is 2.92. The predicted octanol–water partition coefficient (Wildman–Crippen LogP) is 1.23. The van der Waals surface area contributed by atoms with Crippen LogP contribution < -0.4 is 19.7 Å². The van der Waals surface area contributed by atoms with Crippen molar-refractivity contribution in [1.82, 2.24) is 10.2 Å². The standard InChI is InChI=1S/C23H26N4O8/c1-33-19-11-16(12-20(13-19)34-2)23(30)24-14-22(29)35-15-21(28)26-9-7-25(8-10-26)17-3-5-18(6-4-17)27(31)32/h3-6,11-13H,7-10,14-15H2,1-2H3,(H,24,30). The second-order valence-corrected chi connectivity index (χ2v) is 7.59. The number of nitro benzene ring substituents is 1. The number of amides is 2. The SMILES string of the molecule is COc1cc(OC)cc(C(=O)NCC(=O)OCC(=O)N2CCN(c3ccc([N+](=O)[O-])cc3)CC2)c1. The van der Waals surface area contributed by atoms with Crippen LogP contribution in [0.5, 0.6) is 11.5 Å². The highest BCUT2D eigenvalue weighted by atomic mass is 16.6. The summed E-state index contributed by atoms with van der Waals surface area (Å²) in [5, 5.41) is 13.2. The lowest BCUT2D eigenvalue weighted by Crippen LogP contribution is -2.50. The highest BCUT2D eigenvalue weighted by Crippen LogP contribution is 2.22. The van der Waals surface area contributed by atoms with Crippen molar-refractivity contribution in [3.63, 3.8) is 0 Å². The second kappa shape index (κ2) is 11.7. The number of hydrogen-bond acceptors (Lipinski definition) is 9. The van der Waals surface area contributed by atoms with Gasteiger partial charge in [-0.3, -0.25) is 24.5 Å². The summed E-state index contributed by atoms with van der Waals surface area (Å²) >= 11 is 0. The molecule has 2 aromatic rings. The Bertz CT molecular complexity index is 1060. The van der Waals surface area contributed by atoms with Crippen molar-refractivity contribution in [3.05, 3.63) is 58.1 Å². The third-order valence-electron chi connectivity index (χ3n) is 5.42. The number of methoxy groups -OCH3 is 2. The van der Waals surface area contributed by atoms with Crippen LogP contribution >= 0.6 is 0 Å². The van der Waals surface area contributed by atoms with Gasteiger partial charge in [0.15, 0.2) is 6.61 Å². The van der Waals surface area contributed by atoms with Crippen LogP contribution in [0.4, 0.5) is 11.4 Å². The molecule has 2 amide bonds. The molecule has 0 spiro atoms. The molecule has 1 heterocycles. The molecule has 3 rings (SSSR count). The molecule has 1 aliphatic heterocycles. The van der Waals surface area contributed by atoms with Crippen LogP contribution in [-0.2, 0) is 14.3 Å². The van der Waals surface area contributed by atoms with Gasteiger partial charge in [0.2, 0.25) is 0 Å². The monoisotopic (exact) mass is 486 g/mol. The minimum absolute atomic E-state index is 0.0174. The van der Waals surface area contributed by atoms with Gasteiger partial charge in [-0.15, -0.1) is 0 Å². The summed E-state index contributed by atoms with van der Waals surface area (Å²) in [4.78, 5) is 50.7. The Morgan fingerprint density at radius 2 is 1.57 bits per heavy atom. The fraction of sp³-hybridized carbons (Fsp3) is 0.348. The summed E-state index contributed by atoms with van der Waals surface area (Å²) in [6.07, 6.45) is 0. The molecule has 1 N–H and O–H groups in total. The van der Waals surface area contributed by atoms with Crippen molar-refractivity contribution in [2.75, 3.05) is 58.5 Å². The van der Waals surface area contributed by atoms with E-state index < -0.39 is 30.0 Å². The number of nitrogens with zero attached hydrogens (tertiary/aromatic N) is 3. The number of benzene rings is 2. The molecule has 12 heteroatoms. The molecule has 0 saturated carbocycles. The maximum Gasteiger partial charge on any atom is 0.325 e. The minimum atomic E-state index is -0.744. The molecule has 1 saturated heterocycles. The van der Waals surface area contributed by atoms with Gasteiger partial charge in [0.1, 0.15) is 18.0 Å². The molecule has 0 atom stereocenters. The number of hydrogen-bond donors (Lipinski definition) is 1. The zero-order valence-corrected chi connectivity index (χ0v) is 19.4. The van der Waals surface area contributed by atoms with Gasteiger partial charge in [0.05, 0.1) is 19.1 Å². The number of nitrogens with one attached hydrogen (secondary N) is 1. The number of ether oxygens (including phenoxy) is 3. The fourth-order valence-electron chi connectivity index (χ4n) is 3.48. The Kier molecular flexibility index (Phi) is 8.43. The molecule has 2 aromatic carbocycles. The number of rotatable bonds is 9. The van der Waals surface area contributed by atoms with Gasteiger partial charge in [-0.1, -0.05) is 0 Å². The molecule has 0 unspecified atom stereocenters. The highest BCUT2D eigenvalue weighted by molar-refractivity contribution is 5.96. The quantitative estimate of drug-likeness (QED) is 0.315. The summed E-state index contributed by atoms with van der Waals surface area (Å²) in [5.41, 5.74) is 1.10. The van der Waals surface area contributed by atoms with E-state index in [4.69, 9.17) is 14.2 Å². The lowest BCUT2D eigenvalue weighted by Gasteiger charge is -2.36. The zero-order valence-electron chi connectivity index (χ0n) is 19.4. The van der Waals surface area contributed by atoms with E-state index in [1.807, 2.05) is 4.90 Å². The Hall–Kier alpha value is -4.35. The van der Waals surface area contributed by atoms with Gasteiger partial charge >= 0.3 is 5.97 Å². The van der Waals surface area contributed by atoms with E-state index in [0.717, 1.165) is 5.69 Å². The van der Waals surface area contributed by atoms with Gasteiger partial charge in [-0.2, -0.15) is 0 Å². The van der Waals surface area contributed by atoms with E-state index in [-0.39, 0.29) is 17.2 Å². The molecule has 1 fully saturated rings. The first-order chi connectivity index (χ1) is 16.8. The average molecular weight is 486 g/mol. The van der Waals surface area contributed by atoms with Crippen LogP contribution in [-0.4, -0.2) is 81.2 Å². The minimum Gasteiger partial charge on any atom is -0.497 e. The van der Waals surface area contributed by atoms with E-state index in [1.165, 1.54) is 38.5 Å². The summed E-state index contributed by atoms with van der Waals surface area (Å²) in [6, 6.07) is 10.8. The average Bonchev–Trinajstić information content (AvgIpc) is 2.90. The number of carbonyl (C=O) groups is 3. The number of piperazine rings is 1. The molecule has 0 radical (unpaired) electrons. The van der Waals surface area contributed by atoms with Crippen LogP contribution in [0.15, 0.2) is 42.5 Å². The van der Waals surface area contributed by atoms with E-state index in [9.17, 15) is 24.5 Å². The van der Waals surface area contributed by atoms with Crippen molar-refractivity contribution in [2.24, 2.45) is 0 Å². The molecule has 0 aromatic heterocycles. The maximum atomic E-state index is 12.4.